The van der Waals surface area contributed by atoms with Crippen LogP contribution in [0.1, 0.15) is 29.9 Å². The van der Waals surface area contributed by atoms with Crippen molar-refractivity contribution in [3.8, 4) is 6.07 Å². The van der Waals surface area contributed by atoms with Gasteiger partial charge in [-0.25, -0.2) is 0 Å². The second-order valence-corrected chi connectivity index (χ2v) is 3.35. The van der Waals surface area contributed by atoms with Crippen LogP contribution in [0.15, 0.2) is 24.3 Å². The number of nitriles is 1. The van der Waals surface area contributed by atoms with Crippen molar-refractivity contribution in [2.45, 2.75) is 25.2 Å². The maximum absolute atomic E-state index is 8.51. The van der Waals surface area contributed by atoms with Gasteiger partial charge in [-0.2, -0.15) is 5.26 Å². The van der Waals surface area contributed by atoms with Crippen LogP contribution in [-0.2, 0) is 6.42 Å². The van der Waals surface area contributed by atoms with E-state index in [9.17, 15) is 0 Å². The molecule has 0 atom stereocenters. The molecule has 0 aliphatic heterocycles. The van der Waals surface area contributed by atoms with Gasteiger partial charge in [-0.1, -0.05) is 24.3 Å². The Morgan fingerprint density at radius 3 is 2.92 bits per heavy atom. The van der Waals surface area contributed by atoms with E-state index < -0.39 is 0 Å². The molecular weight excluding hydrogens is 146 g/mol. The van der Waals surface area contributed by atoms with Gasteiger partial charge in [0.1, 0.15) is 0 Å². The minimum absolute atomic E-state index is 0.542. The average Bonchev–Trinajstić information content (AvgIpc) is 2.88. The minimum atomic E-state index is 0.542. The number of hydrogen-bond donors (Lipinski definition) is 0. The maximum Gasteiger partial charge on any atom is 0.0669 e. The van der Waals surface area contributed by atoms with E-state index in [1.165, 1.54) is 18.4 Å². The molecule has 1 fully saturated rings. The van der Waals surface area contributed by atoms with E-state index in [-0.39, 0.29) is 0 Å². The third-order valence-corrected chi connectivity index (χ3v) is 2.28. The van der Waals surface area contributed by atoms with Crippen LogP contribution in [0, 0.1) is 11.3 Å². The van der Waals surface area contributed by atoms with Crippen LogP contribution < -0.4 is 0 Å². The topological polar surface area (TPSA) is 23.8 Å². The summed E-state index contributed by atoms with van der Waals surface area (Å²) < 4.78 is 0. The third kappa shape index (κ3) is 1.48. The average molecular weight is 157 g/mol. The summed E-state index contributed by atoms with van der Waals surface area (Å²) in [6.07, 6.45) is 3.20. The first-order chi connectivity index (χ1) is 5.90. The van der Waals surface area contributed by atoms with E-state index in [0.29, 0.717) is 6.42 Å². The molecule has 1 heteroatoms. The van der Waals surface area contributed by atoms with Crippen LogP contribution in [0.4, 0.5) is 0 Å². The van der Waals surface area contributed by atoms with E-state index >= 15 is 0 Å². The standard InChI is InChI=1S/C11H11N/c12-7-6-9-2-1-3-11(8-9)10-4-5-10/h1-3,8,10H,4-6H2. The Balaban J connectivity index is 2.22. The molecule has 1 aliphatic rings. The molecule has 0 saturated heterocycles. The zero-order valence-corrected chi connectivity index (χ0v) is 6.96. The SMILES string of the molecule is N#CCc1cccc(C2CC2)c1. The van der Waals surface area contributed by atoms with Crippen molar-refractivity contribution in [2.75, 3.05) is 0 Å². The molecular formula is C11H11N. The fourth-order valence-electron chi connectivity index (χ4n) is 1.46. The lowest BCUT2D eigenvalue weighted by atomic mass is 10.1. The molecule has 0 radical (unpaired) electrons. The summed E-state index contributed by atoms with van der Waals surface area (Å²) >= 11 is 0. The quantitative estimate of drug-likeness (QED) is 0.647. The lowest BCUT2D eigenvalue weighted by molar-refractivity contribution is 1.11. The van der Waals surface area contributed by atoms with Crippen LogP contribution in [-0.4, -0.2) is 0 Å². The highest BCUT2D eigenvalue weighted by molar-refractivity contribution is 5.30. The monoisotopic (exact) mass is 157 g/mol. The summed E-state index contributed by atoms with van der Waals surface area (Å²) in [5.74, 6) is 0.795. The summed E-state index contributed by atoms with van der Waals surface area (Å²) in [6.45, 7) is 0. The molecule has 0 bridgehead atoms. The van der Waals surface area contributed by atoms with Crippen molar-refractivity contribution in [3.05, 3.63) is 35.4 Å². The molecule has 2 rings (SSSR count). The molecule has 1 aromatic rings. The Bertz CT molecular complexity index is 318. The van der Waals surface area contributed by atoms with Gasteiger partial charge in [0.05, 0.1) is 12.5 Å². The van der Waals surface area contributed by atoms with Gasteiger partial charge in [-0.15, -0.1) is 0 Å². The van der Waals surface area contributed by atoms with Gasteiger partial charge < -0.3 is 0 Å². The molecule has 1 aromatic carbocycles. The van der Waals surface area contributed by atoms with Gasteiger partial charge in [-0.3, -0.25) is 0 Å². The highest BCUT2D eigenvalue weighted by Gasteiger charge is 2.23. The van der Waals surface area contributed by atoms with E-state index in [0.717, 1.165) is 11.5 Å². The Hall–Kier alpha value is -1.29. The lowest BCUT2D eigenvalue weighted by Crippen LogP contribution is -1.84. The van der Waals surface area contributed by atoms with Crippen LogP contribution in [0.5, 0.6) is 0 Å². The molecule has 0 aromatic heterocycles. The molecule has 1 aliphatic carbocycles. The Morgan fingerprint density at radius 2 is 2.25 bits per heavy atom. The first-order valence-electron chi connectivity index (χ1n) is 4.36. The van der Waals surface area contributed by atoms with E-state index in [2.05, 4.69) is 24.3 Å². The maximum atomic E-state index is 8.51. The molecule has 0 heterocycles. The molecule has 0 amide bonds. The van der Waals surface area contributed by atoms with E-state index in [1.807, 2.05) is 6.07 Å². The molecule has 1 nitrogen and oxygen atoms in total. The van der Waals surface area contributed by atoms with Crippen molar-refractivity contribution in [2.24, 2.45) is 0 Å². The summed E-state index contributed by atoms with van der Waals surface area (Å²) in [6, 6.07) is 10.6. The van der Waals surface area contributed by atoms with Crippen molar-refractivity contribution in [1.82, 2.24) is 0 Å². The summed E-state index contributed by atoms with van der Waals surface area (Å²) in [5, 5.41) is 8.51. The number of benzene rings is 1. The van der Waals surface area contributed by atoms with Gasteiger partial charge in [-0.05, 0) is 29.9 Å². The molecule has 12 heavy (non-hydrogen) atoms. The predicted octanol–water partition coefficient (Wildman–Crippen LogP) is 2.63. The van der Waals surface area contributed by atoms with Crippen LogP contribution >= 0.6 is 0 Å². The Morgan fingerprint density at radius 1 is 1.42 bits per heavy atom. The molecule has 1 saturated carbocycles. The minimum Gasteiger partial charge on any atom is -0.198 e. The molecule has 60 valence electrons. The molecule has 0 unspecified atom stereocenters. The highest BCUT2D eigenvalue weighted by atomic mass is 14.3. The van der Waals surface area contributed by atoms with E-state index in [1.54, 1.807) is 0 Å². The van der Waals surface area contributed by atoms with Gasteiger partial charge in [0.2, 0.25) is 0 Å². The van der Waals surface area contributed by atoms with E-state index in [4.69, 9.17) is 5.26 Å². The molecule has 0 N–H and O–H groups in total. The zero-order chi connectivity index (χ0) is 8.39. The number of rotatable bonds is 2. The number of nitrogens with zero attached hydrogens (tertiary/aromatic N) is 1. The Labute approximate surface area is 72.6 Å². The van der Waals surface area contributed by atoms with Crippen LogP contribution in [0.25, 0.3) is 0 Å². The van der Waals surface area contributed by atoms with Crippen molar-refractivity contribution < 1.29 is 0 Å². The van der Waals surface area contributed by atoms with Crippen molar-refractivity contribution in [1.29, 1.82) is 5.26 Å². The summed E-state index contributed by atoms with van der Waals surface area (Å²) in [5.41, 5.74) is 2.57. The van der Waals surface area contributed by atoms with Gasteiger partial charge >= 0.3 is 0 Å². The zero-order valence-electron chi connectivity index (χ0n) is 6.96. The normalized spacial score (nSPS) is 15.6. The third-order valence-electron chi connectivity index (χ3n) is 2.28. The first-order valence-corrected chi connectivity index (χ1v) is 4.36. The number of hydrogen-bond acceptors (Lipinski definition) is 1. The molecule has 0 spiro atoms. The first kappa shape index (κ1) is 7.36. The van der Waals surface area contributed by atoms with Gasteiger partial charge in [0.25, 0.3) is 0 Å². The second-order valence-electron chi connectivity index (χ2n) is 3.35. The van der Waals surface area contributed by atoms with Crippen molar-refractivity contribution in [3.63, 3.8) is 0 Å². The summed E-state index contributed by atoms with van der Waals surface area (Å²) in [4.78, 5) is 0. The Kier molecular flexibility index (Phi) is 1.83. The second kappa shape index (κ2) is 2.98. The van der Waals surface area contributed by atoms with Gasteiger partial charge in [0.15, 0.2) is 0 Å². The van der Waals surface area contributed by atoms with Crippen LogP contribution in [0.3, 0.4) is 0 Å². The van der Waals surface area contributed by atoms with Crippen LogP contribution in [0.2, 0.25) is 0 Å². The van der Waals surface area contributed by atoms with Gasteiger partial charge in [0, 0.05) is 0 Å². The summed E-state index contributed by atoms with van der Waals surface area (Å²) in [7, 11) is 0. The smallest absolute Gasteiger partial charge is 0.0669 e. The fourth-order valence-corrected chi connectivity index (χ4v) is 1.46. The fraction of sp³-hybridized carbons (Fsp3) is 0.364. The predicted molar refractivity (Wildman–Crippen MR) is 47.7 cm³/mol. The largest absolute Gasteiger partial charge is 0.198 e. The lowest BCUT2D eigenvalue weighted by Gasteiger charge is -1.99. The van der Waals surface area contributed by atoms with Crippen molar-refractivity contribution >= 4 is 0 Å². The highest BCUT2D eigenvalue weighted by Crippen LogP contribution is 2.40.